The fourth-order valence-electron chi connectivity index (χ4n) is 2.22. The van der Waals surface area contributed by atoms with Gasteiger partial charge in [-0.1, -0.05) is 63.2 Å². The highest BCUT2D eigenvalue weighted by Crippen LogP contribution is 2.23. The van der Waals surface area contributed by atoms with Gasteiger partial charge in [0.25, 0.3) is 0 Å². The fraction of sp³-hybridized carbons (Fsp3) is 0.222. The van der Waals surface area contributed by atoms with Crippen LogP contribution in [0.3, 0.4) is 0 Å². The minimum Gasteiger partial charge on any atom is -0.289 e. The molecule has 2 aromatic carbocycles. The third kappa shape index (κ3) is 2.62. The molecule has 0 bridgehead atoms. The van der Waals surface area contributed by atoms with Gasteiger partial charge in [0.1, 0.15) is 0 Å². The summed E-state index contributed by atoms with van der Waals surface area (Å²) in [6.45, 7) is 6.05. The molecule has 0 N–H and O–H groups in total. The second-order valence-electron chi connectivity index (χ2n) is 5.78. The second-order valence-corrected chi connectivity index (χ2v) is 5.78. The Balaban J connectivity index is 2.81. The summed E-state index contributed by atoms with van der Waals surface area (Å²) in [5, 5.41) is 9.21. The van der Waals surface area contributed by atoms with Gasteiger partial charge in [0.2, 0.25) is 0 Å². The molecule has 0 saturated heterocycles. The molecule has 100 valence electrons. The van der Waals surface area contributed by atoms with Crippen molar-refractivity contribution in [1.82, 2.24) is 0 Å². The van der Waals surface area contributed by atoms with Gasteiger partial charge in [0.05, 0.1) is 11.6 Å². The lowest BCUT2D eigenvalue weighted by Gasteiger charge is -2.17. The van der Waals surface area contributed by atoms with E-state index in [1.165, 1.54) is 0 Å². The standard InChI is InChI=1S/C18H17NO/c1-18(2,3)16-11-7-6-10-15(17(16)20)14-9-5-4-8-13(14)12-19/h4-11H,1-3H3. The van der Waals surface area contributed by atoms with E-state index in [-0.39, 0.29) is 10.8 Å². The molecule has 2 rings (SSSR count). The van der Waals surface area contributed by atoms with Crippen LogP contribution in [0.2, 0.25) is 0 Å². The monoisotopic (exact) mass is 263 g/mol. The first-order chi connectivity index (χ1) is 9.45. The van der Waals surface area contributed by atoms with E-state index in [4.69, 9.17) is 0 Å². The Kier molecular flexibility index (Phi) is 3.72. The lowest BCUT2D eigenvalue weighted by Crippen LogP contribution is -2.22. The van der Waals surface area contributed by atoms with Gasteiger partial charge in [-0.3, -0.25) is 4.79 Å². The molecule has 2 aromatic rings. The zero-order chi connectivity index (χ0) is 14.8. The Hall–Kier alpha value is -2.40. The van der Waals surface area contributed by atoms with Crippen molar-refractivity contribution in [2.24, 2.45) is 0 Å². The predicted molar refractivity (Wildman–Crippen MR) is 81.6 cm³/mol. The average Bonchev–Trinajstić information content (AvgIpc) is 2.60. The van der Waals surface area contributed by atoms with E-state index in [0.29, 0.717) is 16.7 Å². The summed E-state index contributed by atoms with van der Waals surface area (Å²) in [4.78, 5) is 12.8. The predicted octanol–water partition coefficient (Wildman–Crippen LogP) is 3.88. The molecule has 0 radical (unpaired) electrons. The Morgan fingerprint density at radius 2 is 1.45 bits per heavy atom. The lowest BCUT2D eigenvalue weighted by molar-refractivity contribution is 0.586. The van der Waals surface area contributed by atoms with E-state index in [1.54, 1.807) is 18.2 Å². The number of nitriles is 1. The van der Waals surface area contributed by atoms with Gasteiger partial charge < -0.3 is 0 Å². The molecule has 20 heavy (non-hydrogen) atoms. The summed E-state index contributed by atoms with van der Waals surface area (Å²) in [6.07, 6.45) is 0. The maximum atomic E-state index is 12.8. The Labute approximate surface area is 119 Å². The fourth-order valence-corrected chi connectivity index (χ4v) is 2.22. The van der Waals surface area contributed by atoms with E-state index >= 15 is 0 Å². The van der Waals surface area contributed by atoms with E-state index in [2.05, 4.69) is 6.07 Å². The molecule has 0 atom stereocenters. The summed E-state index contributed by atoms with van der Waals surface area (Å²) in [6, 6.07) is 16.7. The largest absolute Gasteiger partial charge is 0.289 e. The van der Waals surface area contributed by atoms with Crippen LogP contribution >= 0.6 is 0 Å². The average molecular weight is 263 g/mol. The SMILES string of the molecule is CC(C)(C)c1ccccc(-c2ccccc2C#N)c1=O. The summed E-state index contributed by atoms with van der Waals surface area (Å²) in [5.74, 6) is 0. The Morgan fingerprint density at radius 3 is 2.05 bits per heavy atom. The summed E-state index contributed by atoms with van der Waals surface area (Å²) in [7, 11) is 0. The molecule has 2 heteroatoms. The van der Waals surface area contributed by atoms with Crippen molar-refractivity contribution in [3.8, 4) is 17.2 Å². The first-order valence-corrected chi connectivity index (χ1v) is 6.58. The van der Waals surface area contributed by atoms with Crippen LogP contribution in [0.25, 0.3) is 11.1 Å². The first kappa shape index (κ1) is 14.0. The highest BCUT2D eigenvalue weighted by molar-refractivity contribution is 5.70. The van der Waals surface area contributed by atoms with Crippen molar-refractivity contribution in [2.45, 2.75) is 26.2 Å². The van der Waals surface area contributed by atoms with Crippen LogP contribution in [-0.2, 0) is 5.41 Å². The van der Waals surface area contributed by atoms with Crippen LogP contribution < -0.4 is 5.43 Å². The third-order valence-corrected chi connectivity index (χ3v) is 3.27. The quantitative estimate of drug-likeness (QED) is 0.783. The molecule has 0 spiro atoms. The van der Waals surface area contributed by atoms with Crippen molar-refractivity contribution < 1.29 is 0 Å². The van der Waals surface area contributed by atoms with Crippen molar-refractivity contribution >= 4 is 0 Å². The molecule has 0 heterocycles. The lowest BCUT2D eigenvalue weighted by atomic mass is 9.86. The molecule has 0 aromatic heterocycles. The van der Waals surface area contributed by atoms with Crippen molar-refractivity contribution in [1.29, 1.82) is 5.26 Å². The van der Waals surface area contributed by atoms with Crippen LogP contribution in [0.1, 0.15) is 31.9 Å². The van der Waals surface area contributed by atoms with Crippen molar-refractivity contribution in [3.05, 3.63) is 69.9 Å². The minimum absolute atomic E-state index is 0.00907. The minimum atomic E-state index is -0.230. The van der Waals surface area contributed by atoms with Crippen LogP contribution in [0.4, 0.5) is 0 Å². The highest BCUT2D eigenvalue weighted by atomic mass is 16.1. The zero-order valence-electron chi connectivity index (χ0n) is 12.0. The number of hydrogen-bond acceptors (Lipinski definition) is 2. The van der Waals surface area contributed by atoms with Crippen LogP contribution in [0.15, 0.2) is 53.3 Å². The summed E-state index contributed by atoms with van der Waals surface area (Å²) in [5.41, 5.74) is 2.32. The normalized spacial score (nSPS) is 10.9. The van der Waals surface area contributed by atoms with E-state index in [1.807, 2.05) is 51.1 Å². The molecule has 0 aliphatic heterocycles. The van der Waals surface area contributed by atoms with Gasteiger partial charge in [0.15, 0.2) is 5.43 Å². The number of rotatable bonds is 1. The zero-order valence-corrected chi connectivity index (χ0v) is 12.0. The molecule has 0 saturated carbocycles. The number of hydrogen-bond donors (Lipinski definition) is 0. The van der Waals surface area contributed by atoms with Gasteiger partial charge in [-0.25, -0.2) is 0 Å². The van der Waals surface area contributed by atoms with Gasteiger partial charge in [0, 0.05) is 16.7 Å². The highest BCUT2D eigenvalue weighted by Gasteiger charge is 2.19. The van der Waals surface area contributed by atoms with Crippen molar-refractivity contribution in [3.63, 3.8) is 0 Å². The molecule has 0 fully saturated rings. The Bertz CT molecular complexity index is 733. The topological polar surface area (TPSA) is 40.9 Å². The molecule has 0 unspecified atom stereocenters. The number of nitrogens with zero attached hydrogens (tertiary/aromatic N) is 1. The molecule has 2 nitrogen and oxygen atoms in total. The summed E-state index contributed by atoms with van der Waals surface area (Å²) >= 11 is 0. The van der Waals surface area contributed by atoms with Gasteiger partial charge >= 0.3 is 0 Å². The molecular formula is C18H17NO. The van der Waals surface area contributed by atoms with Gasteiger partial charge in [-0.05, 0) is 11.5 Å². The van der Waals surface area contributed by atoms with Gasteiger partial charge in [-0.2, -0.15) is 5.26 Å². The maximum absolute atomic E-state index is 12.8. The van der Waals surface area contributed by atoms with E-state index in [9.17, 15) is 10.1 Å². The first-order valence-electron chi connectivity index (χ1n) is 6.58. The second kappa shape index (κ2) is 5.30. The smallest absolute Gasteiger partial charge is 0.190 e. The molecule has 0 aliphatic carbocycles. The molecule has 0 amide bonds. The Morgan fingerprint density at radius 1 is 0.900 bits per heavy atom. The van der Waals surface area contributed by atoms with Crippen molar-refractivity contribution in [2.75, 3.05) is 0 Å². The molecule has 0 aliphatic rings. The third-order valence-electron chi connectivity index (χ3n) is 3.27. The van der Waals surface area contributed by atoms with Crippen LogP contribution in [-0.4, -0.2) is 0 Å². The maximum Gasteiger partial charge on any atom is 0.190 e. The van der Waals surface area contributed by atoms with E-state index < -0.39 is 0 Å². The van der Waals surface area contributed by atoms with Crippen LogP contribution in [0, 0.1) is 11.3 Å². The summed E-state index contributed by atoms with van der Waals surface area (Å²) < 4.78 is 0. The number of benzene rings is 1. The van der Waals surface area contributed by atoms with Gasteiger partial charge in [-0.15, -0.1) is 0 Å². The van der Waals surface area contributed by atoms with E-state index in [0.717, 1.165) is 5.56 Å². The molecular weight excluding hydrogens is 246 g/mol. The van der Waals surface area contributed by atoms with Crippen LogP contribution in [0.5, 0.6) is 0 Å².